The zero-order valence-corrected chi connectivity index (χ0v) is 18.7. The summed E-state index contributed by atoms with van der Waals surface area (Å²) in [6, 6.07) is 23.4. The van der Waals surface area contributed by atoms with Crippen molar-refractivity contribution in [3.05, 3.63) is 67.8 Å². The van der Waals surface area contributed by atoms with Gasteiger partial charge in [-0.25, -0.2) is 0 Å². The second-order valence-electron chi connectivity index (χ2n) is 7.18. The average molecular weight is 452 g/mol. The third-order valence-corrected chi connectivity index (χ3v) is 23.5. The van der Waals surface area contributed by atoms with Crippen molar-refractivity contribution < 1.29 is 0 Å². The van der Waals surface area contributed by atoms with Crippen LogP contribution in [0.25, 0.3) is 0 Å². The van der Waals surface area contributed by atoms with Crippen LogP contribution in [-0.2, 0) is 0 Å². The Bertz CT molecular complexity index is 534. The molecule has 0 atom stereocenters. The first-order chi connectivity index (χ1) is 12.2. The fourth-order valence-corrected chi connectivity index (χ4v) is 22.4. The van der Waals surface area contributed by atoms with E-state index in [4.69, 9.17) is 0 Å². The van der Waals surface area contributed by atoms with Gasteiger partial charge in [0.05, 0.1) is 0 Å². The molecule has 0 nitrogen and oxygen atoms in total. The van der Waals surface area contributed by atoms with Crippen molar-refractivity contribution in [3.63, 3.8) is 0 Å². The second-order valence-corrected chi connectivity index (χ2v) is 21.3. The fourth-order valence-electron chi connectivity index (χ4n) is 3.92. The minimum atomic E-state index is -2.97. The van der Waals surface area contributed by atoms with Gasteiger partial charge in [-0.3, -0.25) is 0 Å². The number of hydrogen-bond acceptors (Lipinski definition) is 0. The molecule has 0 aliphatic carbocycles. The van der Waals surface area contributed by atoms with E-state index in [9.17, 15) is 0 Å². The molecule has 0 aliphatic heterocycles. The predicted octanol–water partition coefficient (Wildman–Crippen LogP) is 7.70. The molecule has 2 aromatic rings. The summed E-state index contributed by atoms with van der Waals surface area (Å²) in [7, 11) is 0. The maximum absolute atomic E-state index is 2.97. The van der Waals surface area contributed by atoms with Crippen LogP contribution in [0.4, 0.5) is 0 Å². The van der Waals surface area contributed by atoms with Gasteiger partial charge in [0.25, 0.3) is 0 Å². The molecule has 0 bridgehead atoms. The van der Waals surface area contributed by atoms with Crippen molar-refractivity contribution in [3.8, 4) is 0 Å². The van der Waals surface area contributed by atoms with Crippen LogP contribution in [0.15, 0.2) is 60.7 Å². The van der Waals surface area contributed by atoms with Gasteiger partial charge < -0.3 is 0 Å². The first-order valence-electron chi connectivity index (χ1n) is 10.1. The summed E-state index contributed by atoms with van der Waals surface area (Å²) in [4.78, 5) is 0. The molecule has 0 aromatic heterocycles. The molecule has 1 heteroatoms. The van der Waals surface area contributed by atoms with E-state index in [2.05, 4.69) is 81.4 Å². The number of benzene rings is 2. The van der Waals surface area contributed by atoms with E-state index in [-0.39, 0.29) is 0 Å². The first kappa shape index (κ1) is 20.5. The van der Waals surface area contributed by atoms with E-state index in [1.54, 1.807) is 7.14 Å². The van der Waals surface area contributed by atoms with Gasteiger partial charge in [-0.2, -0.15) is 0 Å². The normalized spacial score (nSPS) is 13.3. The number of alkyl halides is 3. The molecule has 140 valence electrons. The van der Waals surface area contributed by atoms with Crippen LogP contribution in [0.1, 0.15) is 59.3 Å². The Kier molecular flexibility index (Phi) is 7.99. The van der Waals surface area contributed by atoms with Crippen LogP contribution >= 0.6 is 17.0 Å². The number of unbranched alkanes of at least 4 members (excludes halogenated alkanes) is 3. The molecule has 0 aliphatic rings. The molecule has 0 saturated carbocycles. The summed E-state index contributed by atoms with van der Waals surface area (Å²) in [6.07, 6.45) is 8.00. The Morgan fingerprint density at radius 3 is 1.12 bits per heavy atom. The van der Waals surface area contributed by atoms with Crippen molar-refractivity contribution in [1.29, 1.82) is 0 Å². The zero-order valence-electron chi connectivity index (χ0n) is 16.5. The van der Waals surface area contributed by atoms with Crippen molar-refractivity contribution >= 4 is 17.0 Å². The van der Waals surface area contributed by atoms with Gasteiger partial charge >= 0.3 is 157 Å². The summed E-state index contributed by atoms with van der Waals surface area (Å²) >= 11 is -2.97. The summed E-state index contributed by atoms with van der Waals surface area (Å²) in [5.74, 6) is 0. The molecule has 0 amide bonds. The Morgan fingerprint density at radius 2 is 0.840 bits per heavy atom. The molecule has 0 heterocycles. The topological polar surface area (TPSA) is 0 Å². The van der Waals surface area contributed by atoms with Gasteiger partial charge in [0.2, 0.25) is 0 Å². The van der Waals surface area contributed by atoms with E-state index in [1.807, 2.05) is 0 Å². The molecule has 0 saturated heterocycles. The van der Waals surface area contributed by atoms with E-state index >= 15 is 0 Å². The summed E-state index contributed by atoms with van der Waals surface area (Å²) < 4.78 is 7.75. The molecule has 0 unspecified atom stereocenters. The van der Waals surface area contributed by atoms with Gasteiger partial charge in [0.1, 0.15) is 0 Å². The van der Waals surface area contributed by atoms with Gasteiger partial charge in [0.15, 0.2) is 0 Å². The zero-order chi connectivity index (χ0) is 18.0. The van der Waals surface area contributed by atoms with Crippen LogP contribution < -0.4 is 0 Å². The fraction of sp³-hybridized carbons (Fsp3) is 0.500. The summed E-state index contributed by atoms with van der Waals surface area (Å²) in [6.45, 7) is 7.07. The third-order valence-electron chi connectivity index (χ3n) is 5.44. The molecule has 25 heavy (non-hydrogen) atoms. The Morgan fingerprint density at radius 1 is 0.520 bits per heavy atom. The molecule has 2 rings (SSSR count). The summed E-state index contributed by atoms with van der Waals surface area (Å²) in [5.41, 5.74) is 0. The molecule has 2 aromatic carbocycles. The Labute approximate surface area is 157 Å². The van der Waals surface area contributed by atoms with Crippen LogP contribution in [0, 0.1) is 7.14 Å². The van der Waals surface area contributed by atoms with Gasteiger partial charge in [-0.1, -0.05) is 0 Å². The Balaban J connectivity index is 2.74. The van der Waals surface area contributed by atoms with Crippen LogP contribution in [0.3, 0.4) is 0 Å². The number of hydrogen-bond donors (Lipinski definition) is 0. The molecule has 0 radical (unpaired) electrons. The van der Waals surface area contributed by atoms with Crippen molar-refractivity contribution in [2.24, 2.45) is 0 Å². The van der Waals surface area contributed by atoms with Crippen LogP contribution in [0.2, 0.25) is 0 Å². The average Bonchev–Trinajstić information content (AvgIpc) is 2.70. The maximum atomic E-state index is 2.47. The molecular weight excluding hydrogens is 415 g/mol. The quantitative estimate of drug-likeness (QED) is 0.242. The van der Waals surface area contributed by atoms with E-state index in [0.717, 1.165) is 0 Å². The summed E-state index contributed by atoms with van der Waals surface area (Å²) in [5, 5.41) is 0. The van der Waals surface area contributed by atoms with Crippen LogP contribution in [0.5, 0.6) is 0 Å². The minimum absolute atomic E-state index is 1.30. The van der Waals surface area contributed by atoms with E-state index in [0.29, 0.717) is 0 Å². The van der Waals surface area contributed by atoms with Crippen molar-refractivity contribution in [2.45, 2.75) is 59.3 Å². The van der Waals surface area contributed by atoms with Gasteiger partial charge in [-0.15, -0.1) is 0 Å². The molecule has 0 spiro atoms. The van der Waals surface area contributed by atoms with Crippen molar-refractivity contribution in [1.82, 2.24) is 0 Å². The SMILES string of the molecule is CCCCI(CCCC)(CCCC)(c1ccccc1)c1ccccc1. The van der Waals surface area contributed by atoms with E-state index < -0.39 is 17.0 Å². The van der Waals surface area contributed by atoms with Crippen LogP contribution in [-0.4, -0.2) is 13.3 Å². The molecule has 0 N–H and O–H groups in total. The van der Waals surface area contributed by atoms with Crippen molar-refractivity contribution in [2.75, 3.05) is 13.3 Å². The van der Waals surface area contributed by atoms with E-state index in [1.165, 1.54) is 51.8 Å². The number of rotatable bonds is 11. The Hall–Kier alpha value is -0.830. The molecular formula is C24H37I. The first-order valence-corrected chi connectivity index (χ1v) is 16.9. The predicted molar refractivity (Wildman–Crippen MR) is 124 cm³/mol. The second kappa shape index (κ2) is 9.75. The van der Waals surface area contributed by atoms with Gasteiger partial charge in [0, 0.05) is 0 Å². The third kappa shape index (κ3) is 4.30. The monoisotopic (exact) mass is 452 g/mol. The molecule has 0 fully saturated rings. The number of halogens is 1. The standard InChI is InChI=1S/C24H37I/c1-4-7-20-25(21-8-5-2,22-9-6-3,23-16-12-10-13-17-23)24-18-14-11-15-19-24/h10-19H,4-9,20-22H2,1-3H3. The van der Waals surface area contributed by atoms with Gasteiger partial charge in [-0.05, 0) is 0 Å².